The first-order valence-corrected chi connectivity index (χ1v) is 4.53. The van der Waals surface area contributed by atoms with Gasteiger partial charge in [-0.15, -0.1) is 0 Å². The Morgan fingerprint density at radius 2 is 2.10 bits per heavy atom. The predicted molar refractivity (Wildman–Crippen MR) is 42.7 cm³/mol. The van der Waals surface area contributed by atoms with E-state index in [9.17, 15) is 0 Å². The largest absolute Gasteiger partial charge is 0.313 e. The van der Waals surface area contributed by atoms with Crippen LogP contribution >= 0.6 is 0 Å². The molecule has 0 spiro atoms. The van der Waals surface area contributed by atoms with Crippen molar-refractivity contribution in [2.75, 3.05) is 6.54 Å². The van der Waals surface area contributed by atoms with Gasteiger partial charge in [-0.2, -0.15) is 0 Å². The maximum Gasteiger partial charge on any atom is 0.0127 e. The maximum absolute atomic E-state index is 3.57. The van der Waals surface area contributed by atoms with Crippen molar-refractivity contribution in [3.63, 3.8) is 0 Å². The van der Waals surface area contributed by atoms with E-state index in [4.69, 9.17) is 0 Å². The van der Waals surface area contributed by atoms with Crippen molar-refractivity contribution in [3.8, 4) is 0 Å². The molecule has 1 nitrogen and oxygen atoms in total. The molecule has 2 atom stereocenters. The minimum Gasteiger partial charge on any atom is -0.313 e. The van der Waals surface area contributed by atoms with E-state index in [1.807, 2.05) is 0 Å². The van der Waals surface area contributed by atoms with Gasteiger partial charge in [0.05, 0.1) is 0 Å². The van der Waals surface area contributed by atoms with Crippen LogP contribution in [-0.4, -0.2) is 12.6 Å². The van der Waals surface area contributed by atoms with Crippen LogP contribution in [0.5, 0.6) is 0 Å². The van der Waals surface area contributed by atoms with E-state index in [-0.39, 0.29) is 0 Å². The Bertz CT molecular complexity index is 85.3. The SMILES string of the molecule is [CH]1CCCC2CCCNC12. The average molecular weight is 138 g/mol. The molecule has 0 aromatic carbocycles. The van der Waals surface area contributed by atoms with Crippen molar-refractivity contribution < 1.29 is 0 Å². The van der Waals surface area contributed by atoms with Crippen LogP contribution < -0.4 is 5.32 Å². The topological polar surface area (TPSA) is 12.0 Å². The minimum absolute atomic E-state index is 0.780. The molecule has 2 rings (SSSR count). The fraction of sp³-hybridized carbons (Fsp3) is 0.889. The summed E-state index contributed by atoms with van der Waals surface area (Å²) in [5, 5.41) is 3.57. The van der Waals surface area contributed by atoms with Gasteiger partial charge >= 0.3 is 0 Å². The third-order valence-corrected chi connectivity index (χ3v) is 2.84. The maximum atomic E-state index is 3.57. The quantitative estimate of drug-likeness (QED) is 0.537. The second-order valence-corrected chi connectivity index (χ2v) is 3.55. The van der Waals surface area contributed by atoms with Crippen LogP contribution in [0.1, 0.15) is 32.1 Å². The van der Waals surface area contributed by atoms with E-state index < -0.39 is 0 Å². The fourth-order valence-electron chi connectivity index (χ4n) is 2.26. The Labute approximate surface area is 63.2 Å². The molecule has 57 valence electrons. The zero-order chi connectivity index (χ0) is 6.81. The molecule has 1 aliphatic carbocycles. The summed E-state index contributed by atoms with van der Waals surface area (Å²) in [6, 6.07) is 0.780. The highest BCUT2D eigenvalue weighted by Gasteiger charge is 2.26. The molecule has 2 aliphatic rings. The number of nitrogens with one attached hydrogen (secondary N) is 1. The molecule has 1 radical (unpaired) electrons. The average Bonchev–Trinajstić information content (AvgIpc) is 2.05. The number of hydrogen-bond acceptors (Lipinski definition) is 1. The first-order valence-electron chi connectivity index (χ1n) is 4.53. The van der Waals surface area contributed by atoms with Gasteiger partial charge in [-0.05, 0) is 44.6 Å². The Hall–Kier alpha value is -0.0400. The second kappa shape index (κ2) is 2.91. The van der Waals surface area contributed by atoms with Crippen molar-refractivity contribution in [3.05, 3.63) is 6.42 Å². The molecule has 1 aliphatic heterocycles. The highest BCUT2D eigenvalue weighted by atomic mass is 14.9. The standard InChI is InChI=1S/C9H16N/c1-2-6-9-8(4-1)5-3-7-10-9/h6,8-10H,1-5,7H2. The highest BCUT2D eigenvalue weighted by molar-refractivity contribution is 4.94. The van der Waals surface area contributed by atoms with Crippen LogP contribution in [-0.2, 0) is 0 Å². The first-order chi connectivity index (χ1) is 4.97. The molecule has 0 aromatic heterocycles. The lowest BCUT2D eigenvalue weighted by Gasteiger charge is -2.35. The Morgan fingerprint density at radius 3 is 3.00 bits per heavy atom. The third kappa shape index (κ3) is 1.20. The summed E-state index contributed by atoms with van der Waals surface area (Å²) in [5.74, 6) is 0.988. The van der Waals surface area contributed by atoms with Crippen molar-refractivity contribution in [2.45, 2.75) is 38.1 Å². The van der Waals surface area contributed by atoms with Crippen LogP contribution in [0.15, 0.2) is 0 Å². The molecule has 1 saturated carbocycles. The molecule has 2 unspecified atom stereocenters. The zero-order valence-corrected chi connectivity index (χ0v) is 6.47. The summed E-state index contributed by atoms with van der Waals surface area (Å²) in [4.78, 5) is 0. The number of piperidine rings is 1. The molecule has 0 amide bonds. The first kappa shape index (κ1) is 6.66. The lowest BCUT2D eigenvalue weighted by atomic mass is 9.80. The molecular formula is C9H16N. The Balaban J connectivity index is 1.93. The smallest absolute Gasteiger partial charge is 0.0127 e. The van der Waals surface area contributed by atoms with E-state index in [1.165, 1.54) is 38.6 Å². The monoisotopic (exact) mass is 138 g/mol. The molecule has 0 bridgehead atoms. The summed E-state index contributed by atoms with van der Waals surface area (Å²) >= 11 is 0. The Morgan fingerprint density at radius 1 is 1.20 bits per heavy atom. The van der Waals surface area contributed by atoms with Gasteiger partial charge in [0.15, 0.2) is 0 Å². The van der Waals surface area contributed by atoms with Crippen molar-refractivity contribution in [1.29, 1.82) is 0 Å². The van der Waals surface area contributed by atoms with Crippen LogP contribution in [0.4, 0.5) is 0 Å². The van der Waals surface area contributed by atoms with Gasteiger partial charge in [-0.25, -0.2) is 0 Å². The van der Waals surface area contributed by atoms with Gasteiger partial charge in [0, 0.05) is 6.04 Å². The van der Waals surface area contributed by atoms with Gasteiger partial charge in [-0.1, -0.05) is 6.42 Å². The van der Waals surface area contributed by atoms with E-state index in [0.717, 1.165) is 12.0 Å². The molecule has 2 fully saturated rings. The van der Waals surface area contributed by atoms with Gasteiger partial charge in [0.1, 0.15) is 0 Å². The molecule has 10 heavy (non-hydrogen) atoms. The van der Waals surface area contributed by atoms with Crippen molar-refractivity contribution >= 4 is 0 Å². The molecule has 1 saturated heterocycles. The number of rotatable bonds is 0. The summed E-state index contributed by atoms with van der Waals surface area (Å²) < 4.78 is 0. The van der Waals surface area contributed by atoms with Gasteiger partial charge in [-0.3, -0.25) is 0 Å². The third-order valence-electron chi connectivity index (χ3n) is 2.84. The summed E-state index contributed by atoms with van der Waals surface area (Å²) in [7, 11) is 0. The van der Waals surface area contributed by atoms with Crippen LogP contribution in [0.3, 0.4) is 0 Å². The van der Waals surface area contributed by atoms with E-state index >= 15 is 0 Å². The molecule has 1 N–H and O–H groups in total. The molecular weight excluding hydrogens is 122 g/mol. The summed E-state index contributed by atoms with van der Waals surface area (Å²) in [5.41, 5.74) is 0. The highest BCUT2D eigenvalue weighted by Crippen LogP contribution is 2.29. The molecule has 0 aromatic rings. The van der Waals surface area contributed by atoms with Crippen LogP contribution in [0.25, 0.3) is 0 Å². The lowest BCUT2D eigenvalue weighted by molar-refractivity contribution is 0.256. The van der Waals surface area contributed by atoms with Crippen molar-refractivity contribution in [2.24, 2.45) is 5.92 Å². The number of hydrogen-bond donors (Lipinski definition) is 1. The van der Waals surface area contributed by atoms with E-state index in [2.05, 4.69) is 11.7 Å². The van der Waals surface area contributed by atoms with Gasteiger partial charge in [0.25, 0.3) is 0 Å². The Kier molecular flexibility index (Phi) is 1.94. The van der Waals surface area contributed by atoms with Gasteiger partial charge in [0.2, 0.25) is 0 Å². The molecule has 1 heteroatoms. The predicted octanol–water partition coefficient (Wildman–Crippen LogP) is 1.74. The number of fused-ring (bicyclic) bond motifs is 1. The summed E-state index contributed by atoms with van der Waals surface area (Å²) in [6.07, 6.45) is 9.59. The minimum atomic E-state index is 0.780. The summed E-state index contributed by atoms with van der Waals surface area (Å²) in [6.45, 7) is 1.25. The molecule has 1 heterocycles. The van der Waals surface area contributed by atoms with Crippen molar-refractivity contribution in [1.82, 2.24) is 5.32 Å². The van der Waals surface area contributed by atoms with E-state index in [0.29, 0.717) is 0 Å². The van der Waals surface area contributed by atoms with Crippen LogP contribution in [0, 0.1) is 12.3 Å². The van der Waals surface area contributed by atoms with Crippen LogP contribution in [0.2, 0.25) is 0 Å². The normalized spacial score (nSPS) is 40.8. The fourth-order valence-corrected chi connectivity index (χ4v) is 2.26. The lowest BCUT2D eigenvalue weighted by Crippen LogP contribution is -2.43. The van der Waals surface area contributed by atoms with Gasteiger partial charge < -0.3 is 5.32 Å². The zero-order valence-electron chi connectivity index (χ0n) is 6.47. The second-order valence-electron chi connectivity index (χ2n) is 3.55. The van der Waals surface area contributed by atoms with E-state index in [1.54, 1.807) is 0 Å².